The van der Waals surface area contributed by atoms with Gasteiger partial charge in [-0.3, -0.25) is 4.79 Å². The molecular formula is C14H24N2O. The first-order valence-corrected chi connectivity index (χ1v) is 6.87. The highest BCUT2D eigenvalue weighted by atomic mass is 16.2. The van der Waals surface area contributed by atoms with Crippen molar-refractivity contribution in [2.45, 2.75) is 51.6 Å². The number of carbonyl (C=O) groups excluding carboxylic acids is 1. The number of hydrogen-bond acceptors (Lipinski definition) is 2. The molecule has 3 nitrogen and oxygen atoms in total. The molecule has 0 radical (unpaired) electrons. The van der Waals surface area contributed by atoms with Crippen LogP contribution in [-0.4, -0.2) is 36.0 Å². The number of carbonyl (C=O) groups is 1. The molecule has 0 aromatic rings. The minimum atomic E-state index is 0.207. The number of amides is 1. The van der Waals surface area contributed by atoms with Crippen LogP contribution in [0.25, 0.3) is 0 Å². The van der Waals surface area contributed by atoms with Gasteiger partial charge in [0.1, 0.15) is 0 Å². The Hall–Kier alpha value is -0.830. The van der Waals surface area contributed by atoms with Gasteiger partial charge in [0.25, 0.3) is 0 Å². The zero-order valence-corrected chi connectivity index (χ0v) is 11.0. The van der Waals surface area contributed by atoms with Gasteiger partial charge in [-0.1, -0.05) is 12.2 Å². The summed E-state index contributed by atoms with van der Waals surface area (Å²) in [4.78, 5) is 14.5. The van der Waals surface area contributed by atoms with E-state index in [4.69, 9.17) is 0 Å². The van der Waals surface area contributed by atoms with Crippen LogP contribution in [0.3, 0.4) is 0 Å². The summed E-state index contributed by atoms with van der Waals surface area (Å²) in [5, 5.41) is 3.48. The molecule has 1 heterocycles. The molecule has 1 atom stereocenters. The molecule has 96 valence electrons. The van der Waals surface area contributed by atoms with Crippen LogP contribution in [0.1, 0.15) is 39.5 Å². The van der Waals surface area contributed by atoms with Crippen LogP contribution in [0.4, 0.5) is 0 Å². The molecule has 0 saturated carbocycles. The third kappa shape index (κ3) is 3.09. The summed E-state index contributed by atoms with van der Waals surface area (Å²) in [5.74, 6) is 0.553. The highest BCUT2D eigenvalue weighted by Crippen LogP contribution is 2.22. The van der Waals surface area contributed by atoms with Gasteiger partial charge in [0.2, 0.25) is 5.91 Å². The molecule has 0 aromatic heterocycles. The third-order valence-corrected chi connectivity index (χ3v) is 3.84. The van der Waals surface area contributed by atoms with Crippen molar-refractivity contribution in [3.8, 4) is 0 Å². The van der Waals surface area contributed by atoms with Gasteiger partial charge in [-0.05, 0) is 46.1 Å². The zero-order valence-electron chi connectivity index (χ0n) is 11.0. The lowest BCUT2D eigenvalue weighted by Crippen LogP contribution is -2.46. The standard InChI is InChI=1S/C14H24N2O/c1-11(2)16(10-13-8-5-9-15-13)14(17)12-6-3-4-7-12/h3-4,11-13,15H,5-10H2,1-2H3. The van der Waals surface area contributed by atoms with Crippen molar-refractivity contribution >= 4 is 5.91 Å². The molecule has 1 aliphatic carbocycles. The smallest absolute Gasteiger partial charge is 0.226 e. The Labute approximate surface area is 104 Å². The van der Waals surface area contributed by atoms with E-state index < -0.39 is 0 Å². The molecule has 0 aromatic carbocycles. The van der Waals surface area contributed by atoms with E-state index >= 15 is 0 Å². The third-order valence-electron chi connectivity index (χ3n) is 3.84. The molecular weight excluding hydrogens is 212 g/mol. The highest BCUT2D eigenvalue weighted by Gasteiger charge is 2.29. The van der Waals surface area contributed by atoms with E-state index in [0.29, 0.717) is 18.0 Å². The largest absolute Gasteiger partial charge is 0.338 e. The average Bonchev–Trinajstić information content (AvgIpc) is 2.97. The molecule has 2 rings (SSSR count). The van der Waals surface area contributed by atoms with Crippen molar-refractivity contribution in [3.63, 3.8) is 0 Å². The second kappa shape index (κ2) is 5.67. The van der Waals surface area contributed by atoms with E-state index in [1.54, 1.807) is 0 Å². The Morgan fingerprint density at radius 1 is 1.41 bits per heavy atom. The molecule has 1 N–H and O–H groups in total. The van der Waals surface area contributed by atoms with Gasteiger partial charge in [0.05, 0.1) is 0 Å². The molecule has 17 heavy (non-hydrogen) atoms. The maximum Gasteiger partial charge on any atom is 0.226 e. The van der Waals surface area contributed by atoms with Crippen LogP contribution in [0.2, 0.25) is 0 Å². The van der Waals surface area contributed by atoms with Crippen LogP contribution in [0.15, 0.2) is 12.2 Å². The Kier molecular flexibility index (Phi) is 4.21. The van der Waals surface area contributed by atoms with Crippen molar-refractivity contribution in [1.82, 2.24) is 10.2 Å². The minimum absolute atomic E-state index is 0.207. The molecule has 1 saturated heterocycles. The van der Waals surface area contributed by atoms with Gasteiger partial charge in [0.15, 0.2) is 0 Å². The number of hydrogen-bond donors (Lipinski definition) is 1. The summed E-state index contributed by atoms with van der Waals surface area (Å²) in [7, 11) is 0. The van der Waals surface area contributed by atoms with Gasteiger partial charge >= 0.3 is 0 Å². The van der Waals surface area contributed by atoms with Crippen molar-refractivity contribution < 1.29 is 4.79 Å². The van der Waals surface area contributed by atoms with Crippen LogP contribution in [-0.2, 0) is 4.79 Å². The summed E-state index contributed by atoms with van der Waals surface area (Å²) in [6.07, 6.45) is 8.58. The SMILES string of the molecule is CC(C)N(CC1CCCN1)C(=O)C1CC=CC1. The first kappa shape index (κ1) is 12.6. The summed E-state index contributed by atoms with van der Waals surface area (Å²) in [6, 6.07) is 0.821. The van der Waals surface area contributed by atoms with E-state index in [1.807, 2.05) is 0 Å². The topological polar surface area (TPSA) is 32.3 Å². The molecule has 1 fully saturated rings. The molecule has 0 spiro atoms. The lowest BCUT2D eigenvalue weighted by molar-refractivity contribution is -0.137. The number of nitrogens with zero attached hydrogens (tertiary/aromatic N) is 1. The normalized spacial score (nSPS) is 24.8. The highest BCUT2D eigenvalue weighted by molar-refractivity contribution is 5.80. The van der Waals surface area contributed by atoms with E-state index in [-0.39, 0.29) is 5.92 Å². The second-order valence-electron chi connectivity index (χ2n) is 5.52. The Morgan fingerprint density at radius 2 is 2.12 bits per heavy atom. The van der Waals surface area contributed by atoms with Crippen LogP contribution in [0.5, 0.6) is 0 Å². The summed E-state index contributed by atoms with van der Waals surface area (Å²) < 4.78 is 0. The van der Waals surface area contributed by atoms with Gasteiger partial charge in [0, 0.05) is 24.5 Å². The molecule has 1 amide bonds. The Morgan fingerprint density at radius 3 is 2.65 bits per heavy atom. The predicted octanol–water partition coefficient (Wildman–Crippen LogP) is 1.94. The Bertz CT molecular complexity index is 285. The predicted molar refractivity (Wildman–Crippen MR) is 69.7 cm³/mol. The van der Waals surface area contributed by atoms with Gasteiger partial charge in [-0.2, -0.15) is 0 Å². The number of allylic oxidation sites excluding steroid dienone is 2. The van der Waals surface area contributed by atoms with Crippen LogP contribution in [0, 0.1) is 5.92 Å². The summed E-state index contributed by atoms with van der Waals surface area (Å²) in [6.45, 7) is 6.23. The number of rotatable bonds is 4. The first-order chi connectivity index (χ1) is 8.18. The van der Waals surface area contributed by atoms with Gasteiger partial charge in [-0.25, -0.2) is 0 Å². The first-order valence-electron chi connectivity index (χ1n) is 6.87. The molecule has 1 unspecified atom stereocenters. The summed E-state index contributed by atoms with van der Waals surface area (Å²) >= 11 is 0. The molecule has 2 aliphatic rings. The van der Waals surface area contributed by atoms with E-state index in [0.717, 1.165) is 25.9 Å². The van der Waals surface area contributed by atoms with Crippen LogP contribution >= 0.6 is 0 Å². The fourth-order valence-electron chi connectivity index (χ4n) is 2.76. The van der Waals surface area contributed by atoms with Gasteiger partial charge < -0.3 is 10.2 Å². The van der Waals surface area contributed by atoms with Crippen molar-refractivity contribution in [3.05, 3.63) is 12.2 Å². The van der Waals surface area contributed by atoms with Gasteiger partial charge in [-0.15, -0.1) is 0 Å². The summed E-state index contributed by atoms with van der Waals surface area (Å²) in [5.41, 5.74) is 0. The van der Waals surface area contributed by atoms with Crippen molar-refractivity contribution in [2.75, 3.05) is 13.1 Å². The fourth-order valence-corrected chi connectivity index (χ4v) is 2.76. The molecule has 1 aliphatic heterocycles. The second-order valence-corrected chi connectivity index (χ2v) is 5.52. The van der Waals surface area contributed by atoms with E-state index in [2.05, 4.69) is 36.2 Å². The Balaban J connectivity index is 1.93. The van der Waals surface area contributed by atoms with Crippen LogP contribution < -0.4 is 5.32 Å². The lowest BCUT2D eigenvalue weighted by atomic mass is 10.0. The lowest BCUT2D eigenvalue weighted by Gasteiger charge is -2.31. The minimum Gasteiger partial charge on any atom is -0.338 e. The van der Waals surface area contributed by atoms with E-state index in [9.17, 15) is 4.79 Å². The number of nitrogens with one attached hydrogen (secondary N) is 1. The molecule has 0 bridgehead atoms. The maximum absolute atomic E-state index is 12.4. The monoisotopic (exact) mass is 236 g/mol. The molecule has 3 heteroatoms. The van der Waals surface area contributed by atoms with Crippen molar-refractivity contribution in [2.24, 2.45) is 5.92 Å². The fraction of sp³-hybridized carbons (Fsp3) is 0.786. The quantitative estimate of drug-likeness (QED) is 0.757. The van der Waals surface area contributed by atoms with E-state index in [1.165, 1.54) is 12.8 Å². The average molecular weight is 236 g/mol. The maximum atomic E-state index is 12.4. The zero-order chi connectivity index (χ0) is 12.3. The van der Waals surface area contributed by atoms with Crippen molar-refractivity contribution in [1.29, 1.82) is 0 Å².